The molecule has 3 nitrogen and oxygen atoms in total. The zero-order chi connectivity index (χ0) is 32.2. The maximum absolute atomic E-state index is 5.74. The van der Waals surface area contributed by atoms with Gasteiger partial charge in [-0.25, -0.2) is 0 Å². The van der Waals surface area contributed by atoms with Gasteiger partial charge in [0.15, 0.2) is 0 Å². The Labute approximate surface area is 307 Å². The molecule has 49 heavy (non-hydrogen) atoms. The van der Waals surface area contributed by atoms with Crippen LogP contribution in [-0.4, -0.2) is 16.6 Å². The van der Waals surface area contributed by atoms with Gasteiger partial charge in [-0.2, -0.15) is 4.90 Å². The molecule has 0 bridgehead atoms. The summed E-state index contributed by atoms with van der Waals surface area (Å²) in [6, 6.07) is 53.3. The molecule has 3 heterocycles. The number of thiophene rings is 1. The molecule has 234 valence electrons. The van der Waals surface area contributed by atoms with Crippen molar-refractivity contribution < 1.29 is 21.1 Å². The van der Waals surface area contributed by atoms with E-state index in [2.05, 4.69) is 148 Å². The molecule has 0 saturated carbocycles. The fourth-order valence-electron chi connectivity index (χ4n) is 7.13. The van der Waals surface area contributed by atoms with Crippen LogP contribution in [0.5, 0.6) is 0 Å². The average molecular weight is 836 g/mol. The molecular formula is C43H29N3S2W. The Morgan fingerprint density at radius 3 is 2.02 bits per heavy atom. The average Bonchev–Trinajstić information content (AvgIpc) is 3.82. The molecule has 0 aliphatic carbocycles. The Morgan fingerprint density at radius 2 is 1.24 bits per heavy atom. The maximum atomic E-state index is 5.74. The summed E-state index contributed by atoms with van der Waals surface area (Å²) in [6.07, 6.45) is 0. The van der Waals surface area contributed by atoms with Crippen LogP contribution in [0.15, 0.2) is 157 Å². The first-order valence-electron chi connectivity index (χ1n) is 16.0. The number of hydrogen-bond donors (Lipinski definition) is 1. The number of hydrogen-bond acceptors (Lipinski definition) is 2. The predicted molar refractivity (Wildman–Crippen MR) is 209 cm³/mol. The second kappa shape index (κ2) is 12.8. The summed E-state index contributed by atoms with van der Waals surface area (Å²) in [5, 5.41) is 12.1. The third-order valence-corrected chi connectivity index (χ3v) is 10.8. The Kier molecular flexibility index (Phi) is 8.21. The molecule has 6 heteroatoms. The minimum atomic E-state index is 0. The van der Waals surface area contributed by atoms with Gasteiger partial charge in [0.1, 0.15) is 0 Å². The first kappa shape index (κ1) is 31.3. The Morgan fingerprint density at radius 1 is 0.592 bits per heavy atom. The summed E-state index contributed by atoms with van der Waals surface area (Å²) >= 11 is 7.54. The van der Waals surface area contributed by atoms with Crippen molar-refractivity contribution in [2.45, 2.75) is 4.90 Å². The van der Waals surface area contributed by atoms with Gasteiger partial charge in [0.25, 0.3) is 0 Å². The summed E-state index contributed by atoms with van der Waals surface area (Å²) in [4.78, 5) is 4.42. The van der Waals surface area contributed by atoms with Crippen LogP contribution in [0.4, 0.5) is 5.69 Å². The number of nitrogens with one attached hydrogen (secondary N) is 1. The second-order valence-electron chi connectivity index (χ2n) is 11.9. The third kappa shape index (κ3) is 5.12. The fraction of sp³-hybridized carbons (Fsp3) is 0.0233. The van der Waals surface area contributed by atoms with Crippen LogP contribution in [0.2, 0.25) is 0 Å². The Hall–Kier alpha value is -4.93. The monoisotopic (exact) mass is 835 g/mol. The van der Waals surface area contributed by atoms with Crippen molar-refractivity contribution in [3.05, 3.63) is 157 Å². The zero-order valence-electron chi connectivity index (χ0n) is 26.6. The van der Waals surface area contributed by atoms with Gasteiger partial charge >= 0.3 is 21.1 Å². The Bertz CT molecular complexity index is 2780. The van der Waals surface area contributed by atoms with E-state index in [0.29, 0.717) is 0 Å². The van der Waals surface area contributed by atoms with E-state index in [1.54, 1.807) is 11.3 Å². The molecule has 3 aromatic heterocycles. The Balaban J connectivity index is 0.000000141. The molecule has 10 aromatic rings. The van der Waals surface area contributed by atoms with Crippen molar-refractivity contribution in [2.24, 2.45) is 0 Å². The van der Waals surface area contributed by atoms with Crippen molar-refractivity contribution in [2.75, 3.05) is 7.05 Å². The molecule has 7 aromatic carbocycles. The van der Waals surface area contributed by atoms with Crippen molar-refractivity contribution in [1.82, 2.24) is 9.55 Å². The van der Waals surface area contributed by atoms with Crippen LogP contribution in [-0.2, 0) is 33.7 Å². The second-order valence-corrected chi connectivity index (χ2v) is 13.4. The van der Waals surface area contributed by atoms with Gasteiger partial charge in [-0.05, 0) is 64.4 Å². The fourth-order valence-corrected chi connectivity index (χ4v) is 8.65. The van der Waals surface area contributed by atoms with Crippen LogP contribution in [0, 0.1) is 0 Å². The molecular weight excluding hydrogens is 806 g/mol. The molecule has 0 aliphatic heterocycles. The van der Waals surface area contributed by atoms with Gasteiger partial charge in [-0.1, -0.05) is 109 Å². The van der Waals surface area contributed by atoms with Crippen molar-refractivity contribution in [3.8, 4) is 16.8 Å². The van der Waals surface area contributed by atoms with E-state index in [9.17, 15) is 0 Å². The van der Waals surface area contributed by atoms with E-state index < -0.39 is 0 Å². The van der Waals surface area contributed by atoms with Gasteiger partial charge in [0.05, 0.1) is 11.0 Å². The van der Waals surface area contributed by atoms with Crippen LogP contribution in [0.3, 0.4) is 0 Å². The maximum Gasteiger partial charge on any atom is 2.00 e. The van der Waals surface area contributed by atoms with Crippen molar-refractivity contribution in [3.63, 3.8) is 0 Å². The number of nitrogens with zero attached hydrogens (tertiary/aromatic N) is 2. The van der Waals surface area contributed by atoms with Crippen LogP contribution in [0.1, 0.15) is 0 Å². The molecule has 0 fully saturated rings. The summed E-state index contributed by atoms with van der Waals surface area (Å²) in [6.45, 7) is 0. The van der Waals surface area contributed by atoms with Crippen LogP contribution >= 0.6 is 11.3 Å². The first-order chi connectivity index (χ1) is 23.7. The summed E-state index contributed by atoms with van der Waals surface area (Å²) < 4.78 is 4.92. The number of para-hydroxylation sites is 3. The number of aromatic amines is 1. The number of rotatable bonds is 3. The molecule has 0 radical (unpaired) electrons. The van der Waals surface area contributed by atoms with Gasteiger partial charge in [0.2, 0.25) is 0 Å². The van der Waals surface area contributed by atoms with E-state index in [1.165, 1.54) is 69.5 Å². The molecule has 0 saturated heterocycles. The first-order valence-corrected chi connectivity index (χ1v) is 17.2. The molecule has 0 aliphatic rings. The van der Waals surface area contributed by atoms with E-state index in [0.717, 1.165) is 21.7 Å². The third-order valence-electron chi connectivity index (χ3n) is 9.22. The minimum absolute atomic E-state index is 0. The van der Waals surface area contributed by atoms with Crippen molar-refractivity contribution in [1.29, 1.82) is 0 Å². The molecule has 0 spiro atoms. The molecule has 0 atom stereocenters. The zero-order valence-corrected chi connectivity index (χ0v) is 31.1. The molecule has 10 rings (SSSR count). The van der Waals surface area contributed by atoms with Gasteiger partial charge in [-0.3, -0.25) is 0 Å². The normalized spacial score (nSPS) is 11.3. The van der Waals surface area contributed by atoms with Gasteiger partial charge < -0.3 is 27.5 Å². The number of fused-ring (bicyclic) bond motifs is 10. The summed E-state index contributed by atoms with van der Waals surface area (Å²) in [5.74, 6) is 0. The quantitative estimate of drug-likeness (QED) is 0.177. The van der Waals surface area contributed by atoms with E-state index >= 15 is 0 Å². The van der Waals surface area contributed by atoms with Crippen LogP contribution < -0.4 is 0 Å². The number of H-pyrrole nitrogens is 1. The van der Waals surface area contributed by atoms with E-state index in [-0.39, 0.29) is 21.1 Å². The van der Waals surface area contributed by atoms with Gasteiger partial charge in [-0.15, -0.1) is 24.1 Å². The molecule has 1 N–H and O–H groups in total. The standard InChI is InChI=1S/C24H16N2.C19H14NS2.W/c1-2-8-16(9-3-1)26-22-13-7-5-10-17(22)18-14-15-21-23(24(18)26)19-11-4-6-12-20(19)25-21;1-20-18-17-13-9-5-6-10-15(13)22-16(17)11-14(19(18)21)12-7-3-2-4-8-12;/h1-15,25H;2-11,21H,1H3;/q;-1;+2/p-1. The number of benzene rings is 7. The van der Waals surface area contributed by atoms with Crippen LogP contribution in [0.25, 0.3) is 85.9 Å². The summed E-state index contributed by atoms with van der Waals surface area (Å²) in [5.41, 5.74) is 9.24. The largest absolute Gasteiger partial charge is 2.00 e. The SMILES string of the molecule is C[N-]c1c([S-])c(-c2ccccc2)cc2sc3ccccc3c12.[W+2].c1ccc(-n2c3ccccc3c3ccc4[nH]c5ccccc5c4c32)cc1. The number of aromatic nitrogens is 2. The van der Waals surface area contributed by atoms with Gasteiger partial charge in [0, 0.05) is 47.7 Å². The molecule has 0 amide bonds. The summed E-state index contributed by atoms with van der Waals surface area (Å²) in [7, 11) is 1.83. The van der Waals surface area contributed by atoms with E-state index in [1.807, 2.05) is 25.2 Å². The minimum Gasteiger partial charge on any atom is -0.780 e. The topological polar surface area (TPSA) is 34.8 Å². The predicted octanol–water partition coefficient (Wildman–Crippen LogP) is 12.7. The molecule has 0 unspecified atom stereocenters. The smallest absolute Gasteiger partial charge is 0.780 e. The van der Waals surface area contributed by atoms with Crippen molar-refractivity contribution >= 4 is 93.4 Å². The van der Waals surface area contributed by atoms with E-state index in [4.69, 9.17) is 12.6 Å².